The minimum atomic E-state index is -0.709. The number of hydrogen-bond acceptors (Lipinski definition) is 3. The Balaban J connectivity index is 2.27. The smallest absolute Gasteiger partial charge is 0.137 e. The van der Waals surface area contributed by atoms with Gasteiger partial charge in [0.25, 0.3) is 0 Å². The van der Waals surface area contributed by atoms with E-state index in [0.29, 0.717) is 11.7 Å². The van der Waals surface area contributed by atoms with Crippen LogP contribution in [0, 0.1) is 5.92 Å². The molecule has 2 rings (SSSR count). The molecule has 0 saturated heterocycles. The van der Waals surface area contributed by atoms with E-state index in [9.17, 15) is 5.11 Å². The van der Waals surface area contributed by atoms with Crippen LogP contribution < -0.4 is 4.74 Å². The van der Waals surface area contributed by atoms with Gasteiger partial charge in [-0.05, 0) is 31.2 Å². The topological polar surface area (TPSA) is 42.4 Å². The Morgan fingerprint density at radius 1 is 1.50 bits per heavy atom. The molecule has 1 saturated carbocycles. The van der Waals surface area contributed by atoms with Gasteiger partial charge in [-0.15, -0.1) is 0 Å². The Bertz CT molecular complexity index is 367. The second kappa shape index (κ2) is 4.42. The highest BCUT2D eigenvalue weighted by atomic mass is 16.5. The first-order chi connectivity index (χ1) is 7.64. The van der Waals surface area contributed by atoms with E-state index in [4.69, 9.17) is 4.74 Å². The van der Waals surface area contributed by atoms with Crippen molar-refractivity contribution in [2.24, 2.45) is 5.92 Å². The summed E-state index contributed by atoms with van der Waals surface area (Å²) < 4.78 is 5.14. The molecule has 0 bridgehead atoms. The van der Waals surface area contributed by atoms with Gasteiger partial charge in [0.05, 0.1) is 18.9 Å². The second-order valence-electron chi connectivity index (χ2n) is 4.85. The van der Waals surface area contributed by atoms with Crippen LogP contribution in [0.15, 0.2) is 18.5 Å². The zero-order chi connectivity index (χ0) is 11.6. The van der Waals surface area contributed by atoms with Crippen LogP contribution >= 0.6 is 0 Å². The quantitative estimate of drug-likeness (QED) is 0.834. The molecule has 1 aliphatic carbocycles. The molecule has 1 fully saturated rings. The molecule has 2 unspecified atom stereocenters. The van der Waals surface area contributed by atoms with E-state index in [1.54, 1.807) is 19.5 Å². The molecule has 1 aromatic heterocycles. The summed E-state index contributed by atoms with van der Waals surface area (Å²) >= 11 is 0. The zero-order valence-electron chi connectivity index (χ0n) is 9.94. The third-order valence-electron chi connectivity index (χ3n) is 3.46. The number of pyridine rings is 1. The highest BCUT2D eigenvalue weighted by Gasteiger charge is 2.34. The molecular formula is C13H19NO2. The minimum absolute atomic E-state index is 0.574. The number of rotatable bonds is 2. The Labute approximate surface area is 96.5 Å². The van der Waals surface area contributed by atoms with E-state index in [-0.39, 0.29) is 0 Å². The van der Waals surface area contributed by atoms with Gasteiger partial charge >= 0.3 is 0 Å². The van der Waals surface area contributed by atoms with Crippen molar-refractivity contribution in [2.45, 2.75) is 38.2 Å². The number of aliphatic hydroxyl groups is 1. The van der Waals surface area contributed by atoms with E-state index >= 15 is 0 Å². The lowest BCUT2D eigenvalue weighted by atomic mass is 9.75. The molecular weight excluding hydrogens is 202 g/mol. The monoisotopic (exact) mass is 221 g/mol. The summed E-state index contributed by atoms with van der Waals surface area (Å²) in [7, 11) is 1.62. The van der Waals surface area contributed by atoms with Crippen LogP contribution in [0.2, 0.25) is 0 Å². The SMILES string of the molecule is COc1cncc(C2(O)CCCC(C)C2)c1. The molecule has 0 aromatic carbocycles. The number of nitrogens with zero attached hydrogens (tertiary/aromatic N) is 1. The molecule has 3 nitrogen and oxygen atoms in total. The van der Waals surface area contributed by atoms with Crippen molar-refractivity contribution in [2.75, 3.05) is 7.11 Å². The number of methoxy groups -OCH3 is 1. The van der Waals surface area contributed by atoms with E-state index in [1.807, 2.05) is 6.07 Å². The van der Waals surface area contributed by atoms with Gasteiger partial charge < -0.3 is 9.84 Å². The molecule has 2 atom stereocenters. The molecule has 16 heavy (non-hydrogen) atoms. The third-order valence-corrected chi connectivity index (χ3v) is 3.46. The van der Waals surface area contributed by atoms with Crippen LogP contribution in [0.1, 0.15) is 38.2 Å². The lowest BCUT2D eigenvalue weighted by Gasteiger charge is -2.35. The molecule has 1 N–H and O–H groups in total. The van der Waals surface area contributed by atoms with Crippen molar-refractivity contribution >= 4 is 0 Å². The average molecular weight is 221 g/mol. The fourth-order valence-electron chi connectivity index (χ4n) is 2.57. The first kappa shape index (κ1) is 11.4. The Hall–Kier alpha value is -1.09. The lowest BCUT2D eigenvalue weighted by Crippen LogP contribution is -2.31. The largest absolute Gasteiger partial charge is 0.495 e. The van der Waals surface area contributed by atoms with Crippen LogP contribution in [-0.4, -0.2) is 17.2 Å². The summed E-state index contributed by atoms with van der Waals surface area (Å²) in [6, 6.07) is 1.89. The maximum absolute atomic E-state index is 10.6. The van der Waals surface area contributed by atoms with Crippen molar-refractivity contribution in [3.8, 4) is 5.75 Å². The summed E-state index contributed by atoms with van der Waals surface area (Å²) in [6.45, 7) is 2.19. The first-order valence-electron chi connectivity index (χ1n) is 5.86. The zero-order valence-corrected chi connectivity index (χ0v) is 9.94. The van der Waals surface area contributed by atoms with E-state index in [1.165, 1.54) is 6.42 Å². The fourth-order valence-corrected chi connectivity index (χ4v) is 2.57. The Kier molecular flexibility index (Phi) is 3.15. The van der Waals surface area contributed by atoms with Gasteiger partial charge in [0.2, 0.25) is 0 Å². The van der Waals surface area contributed by atoms with Crippen molar-refractivity contribution in [1.82, 2.24) is 4.98 Å². The van der Waals surface area contributed by atoms with Crippen LogP contribution in [0.3, 0.4) is 0 Å². The highest BCUT2D eigenvalue weighted by Crippen LogP contribution is 2.40. The van der Waals surface area contributed by atoms with Crippen LogP contribution in [-0.2, 0) is 5.60 Å². The first-order valence-corrected chi connectivity index (χ1v) is 5.86. The molecule has 88 valence electrons. The molecule has 0 radical (unpaired) electrons. The van der Waals surface area contributed by atoms with Gasteiger partial charge in [-0.3, -0.25) is 4.98 Å². The highest BCUT2D eigenvalue weighted by molar-refractivity contribution is 5.28. The maximum atomic E-state index is 10.6. The van der Waals surface area contributed by atoms with Crippen LogP contribution in [0.5, 0.6) is 5.75 Å². The minimum Gasteiger partial charge on any atom is -0.495 e. The summed E-state index contributed by atoms with van der Waals surface area (Å²) in [4.78, 5) is 4.12. The third kappa shape index (κ3) is 2.19. The molecule has 1 aromatic rings. The standard InChI is InChI=1S/C13H19NO2/c1-10-4-3-5-13(15,7-10)11-6-12(16-2)9-14-8-11/h6,8-10,15H,3-5,7H2,1-2H3. The Morgan fingerprint density at radius 3 is 3.00 bits per heavy atom. The van der Waals surface area contributed by atoms with Crippen LogP contribution in [0.25, 0.3) is 0 Å². The molecule has 0 spiro atoms. The summed E-state index contributed by atoms with van der Waals surface area (Å²) in [5.41, 5.74) is 0.178. The van der Waals surface area contributed by atoms with Gasteiger partial charge in [-0.2, -0.15) is 0 Å². The summed E-state index contributed by atoms with van der Waals surface area (Å²) in [5.74, 6) is 1.29. The van der Waals surface area contributed by atoms with Crippen molar-refractivity contribution in [3.05, 3.63) is 24.0 Å². The lowest BCUT2D eigenvalue weighted by molar-refractivity contribution is -0.0183. The van der Waals surface area contributed by atoms with Gasteiger partial charge in [0.1, 0.15) is 5.75 Å². The summed E-state index contributed by atoms with van der Waals surface area (Å²) in [6.07, 6.45) is 7.35. The van der Waals surface area contributed by atoms with Gasteiger partial charge in [-0.1, -0.05) is 13.3 Å². The Morgan fingerprint density at radius 2 is 2.31 bits per heavy atom. The van der Waals surface area contributed by atoms with E-state index in [2.05, 4.69) is 11.9 Å². The fraction of sp³-hybridized carbons (Fsp3) is 0.615. The average Bonchev–Trinajstić information content (AvgIpc) is 2.29. The maximum Gasteiger partial charge on any atom is 0.137 e. The predicted molar refractivity (Wildman–Crippen MR) is 62.3 cm³/mol. The molecule has 0 amide bonds. The van der Waals surface area contributed by atoms with Gasteiger partial charge in [0, 0.05) is 11.8 Å². The van der Waals surface area contributed by atoms with Crippen molar-refractivity contribution < 1.29 is 9.84 Å². The molecule has 0 aliphatic heterocycles. The molecule has 1 aliphatic rings. The second-order valence-corrected chi connectivity index (χ2v) is 4.85. The van der Waals surface area contributed by atoms with Crippen molar-refractivity contribution in [3.63, 3.8) is 0 Å². The van der Waals surface area contributed by atoms with Crippen LogP contribution in [0.4, 0.5) is 0 Å². The number of aromatic nitrogens is 1. The molecule has 3 heteroatoms. The van der Waals surface area contributed by atoms with Gasteiger partial charge in [-0.25, -0.2) is 0 Å². The predicted octanol–water partition coefficient (Wildman–Crippen LogP) is 2.49. The van der Waals surface area contributed by atoms with E-state index in [0.717, 1.165) is 24.8 Å². The number of hydrogen-bond donors (Lipinski definition) is 1. The molecule has 1 heterocycles. The number of ether oxygens (including phenoxy) is 1. The summed E-state index contributed by atoms with van der Waals surface area (Å²) in [5, 5.41) is 10.6. The van der Waals surface area contributed by atoms with E-state index < -0.39 is 5.60 Å². The van der Waals surface area contributed by atoms with Gasteiger partial charge in [0.15, 0.2) is 0 Å². The normalized spacial score (nSPS) is 30.1. The van der Waals surface area contributed by atoms with Crippen molar-refractivity contribution in [1.29, 1.82) is 0 Å².